The Kier molecular flexibility index (Phi) is 5.19. The van der Waals surface area contributed by atoms with Crippen LogP contribution in [0.15, 0.2) is 37.1 Å². The van der Waals surface area contributed by atoms with E-state index in [1.165, 1.54) is 6.08 Å². The lowest BCUT2D eigenvalue weighted by molar-refractivity contribution is -0.129. The zero-order valence-electron chi connectivity index (χ0n) is 14.6. The number of carbonyl (C=O) groups is 1. The minimum Gasteiger partial charge on any atom is -0.331 e. The monoisotopic (exact) mass is 355 g/mol. The van der Waals surface area contributed by atoms with E-state index in [2.05, 4.69) is 16.5 Å². The first-order chi connectivity index (χ1) is 12.0. The maximum Gasteiger partial charge on any atom is 0.246 e. The quantitative estimate of drug-likeness (QED) is 0.783. The number of nitrogens with zero attached hydrogens (tertiary/aromatic N) is 3. The van der Waals surface area contributed by atoms with Gasteiger partial charge in [0.05, 0.1) is 0 Å². The molecule has 1 heterocycles. The second-order valence-electron chi connectivity index (χ2n) is 6.55. The fourth-order valence-corrected chi connectivity index (χ4v) is 3.62. The van der Waals surface area contributed by atoms with E-state index in [1.807, 2.05) is 43.1 Å². The van der Waals surface area contributed by atoms with Crippen molar-refractivity contribution in [3.8, 4) is 0 Å². The number of carbonyl (C=O) groups excluding carboxylic acids is 1. The van der Waals surface area contributed by atoms with Crippen LogP contribution in [0.5, 0.6) is 0 Å². The Hall–Kier alpha value is -2.20. The predicted molar refractivity (Wildman–Crippen MR) is 99.5 cm³/mol. The first-order valence-corrected chi connectivity index (χ1v) is 8.85. The van der Waals surface area contributed by atoms with E-state index >= 15 is 0 Å². The van der Waals surface area contributed by atoms with E-state index in [1.54, 1.807) is 0 Å². The molecule has 0 radical (unpaired) electrons. The van der Waals surface area contributed by atoms with Crippen LogP contribution in [0, 0.1) is 13.8 Å². The van der Waals surface area contributed by atoms with Gasteiger partial charge in [0.1, 0.15) is 5.82 Å². The Labute approximate surface area is 153 Å². The van der Waals surface area contributed by atoms with Crippen LogP contribution < -0.4 is 0 Å². The average Bonchev–Trinajstić information content (AvgIpc) is 2.60. The third kappa shape index (κ3) is 3.90. The third-order valence-corrected chi connectivity index (χ3v) is 5.04. The van der Waals surface area contributed by atoms with Gasteiger partial charge in [-0.1, -0.05) is 30.3 Å². The average molecular weight is 356 g/mol. The molecular weight excluding hydrogens is 334 g/mol. The van der Waals surface area contributed by atoms with Crippen LogP contribution in [-0.2, 0) is 24.2 Å². The Morgan fingerprint density at radius 1 is 1.44 bits per heavy atom. The van der Waals surface area contributed by atoms with E-state index in [0.29, 0.717) is 11.6 Å². The van der Waals surface area contributed by atoms with Crippen molar-refractivity contribution in [2.75, 3.05) is 0 Å². The summed E-state index contributed by atoms with van der Waals surface area (Å²) < 4.78 is 0. The SMILES string of the molecule is C=CC(=O)N(Cc1ccc(C)cc1Cl)C1CCc2nc(C)ncc2C1. The summed E-state index contributed by atoms with van der Waals surface area (Å²) in [7, 11) is 0. The Morgan fingerprint density at radius 2 is 2.24 bits per heavy atom. The van der Waals surface area contributed by atoms with Gasteiger partial charge >= 0.3 is 0 Å². The number of fused-ring (bicyclic) bond motifs is 1. The minimum atomic E-state index is -0.0712. The molecule has 0 saturated heterocycles. The number of halogens is 1. The largest absolute Gasteiger partial charge is 0.331 e. The fraction of sp³-hybridized carbons (Fsp3) is 0.350. The summed E-state index contributed by atoms with van der Waals surface area (Å²) in [6.45, 7) is 8.05. The van der Waals surface area contributed by atoms with Crippen LogP contribution in [0.1, 0.15) is 34.6 Å². The van der Waals surface area contributed by atoms with Crippen LogP contribution >= 0.6 is 11.6 Å². The highest BCUT2D eigenvalue weighted by Gasteiger charge is 2.28. The first kappa shape index (κ1) is 17.6. The second-order valence-corrected chi connectivity index (χ2v) is 6.96. The van der Waals surface area contributed by atoms with Gasteiger partial charge in [-0.25, -0.2) is 9.97 Å². The van der Waals surface area contributed by atoms with Gasteiger partial charge in [0.25, 0.3) is 0 Å². The number of hydrogen-bond acceptors (Lipinski definition) is 3. The van der Waals surface area contributed by atoms with Crippen molar-refractivity contribution in [1.82, 2.24) is 14.9 Å². The zero-order chi connectivity index (χ0) is 18.0. The Bertz CT molecular complexity index is 819. The normalized spacial score (nSPS) is 16.2. The molecule has 130 valence electrons. The maximum absolute atomic E-state index is 12.5. The van der Waals surface area contributed by atoms with Gasteiger partial charge in [0.15, 0.2) is 0 Å². The zero-order valence-corrected chi connectivity index (χ0v) is 15.4. The van der Waals surface area contributed by atoms with Gasteiger partial charge in [-0.15, -0.1) is 0 Å². The van der Waals surface area contributed by atoms with E-state index < -0.39 is 0 Å². The van der Waals surface area contributed by atoms with Gasteiger partial charge < -0.3 is 4.90 Å². The lowest BCUT2D eigenvalue weighted by Crippen LogP contribution is -2.42. The molecule has 0 fully saturated rings. The number of benzene rings is 1. The molecule has 1 aromatic carbocycles. The topological polar surface area (TPSA) is 46.1 Å². The van der Waals surface area contributed by atoms with Crippen LogP contribution in [0.4, 0.5) is 0 Å². The standard InChI is InChI=1S/C20H22ClN3O/c1-4-20(25)24(12-15-6-5-13(2)9-18(15)21)17-7-8-19-16(10-17)11-22-14(3)23-19/h4-6,9,11,17H,1,7-8,10,12H2,2-3H3. The molecule has 0 aliphatic heterocycles. The van der Waals surface area contributed by atoms with Crippen molar-refractivity contribution in [3.05, 3.63) is 70.3 Å². The summed E-state index contributed by atoms with van der Waals surface area (Å²) in [4.78, 5) is 23.2. The van der Waals surface area contributed by atoms with Gasteiger partial charge in [-0.05, 0) is 61.9 Å². The van der Waals surface area contributed by atoms with Crippen molar-refractivity contribution in [2.24, 2.45) is 0 Å². The van der Waals surface area contributed by atoms with E-state index in [9.17, 15) is 4.79 Å². The van der Waals surface area contributed by atoms with E-state index in [-0.39, 0.29) is 11.9 Å². The Balaban J connectivity index is 1.85. The van der Waals surface area contributed by atoms with Gasteiger partial charge in [0, 0.05) is 29.5 Å². The molecule has 1 aliphatic carbocycles. The van der Waals surface area contributed by atoms with Crippen molar-refractivity contribution < 1.29 is 4.79 Å². The molecule has 1 aromatic heterocycles. The number of hydrogen-bond donors (Lipinski definition) is 0. The van der Waals surface area contributed by atoms with Crippen LogP contribution in [-0.4, -0.2) is 26.8 Å². The van der Waals surface area contributed by atoms with Gasteiger partial charge in [-0.3, -0.25) is 4.79 Å². The predicted octanol–water partition coefficient (Wildman–Crippen LogP) is 3.82. The molecule has 4 nitrogen and oxygen atoms in total. The van der Waals surface area contributed by atoms with E-state index in [4.69, 9.17) is 11.6 Å². The van der Waals surface area contributed by atoms with E-state index in [0.717, 1.165) is 47.5 Å². The van der Waals surface area contributed by atoms with Crippen LogP contribution in [0.25, 0.3) is 0 Å². The molecular formula is C20H22ClN3O. The Morgan fingerprint density at radius 3 is 2.96 bits per heavy atom. The summed E-state index contributed by atoms with van der Waals surface area (Å²) in [6, 6.07) is 6.04. The molecule has 1 unspecified atom stereocenters. The minimum absolute atomic E-state index is 0.0712. The second kappa shape index (κ2) is 7.36. The van der Waals surface area contributed by atoms with Gasteiger partial charge in [0.2, 0.25) is 5.91 Å². The summed E-state index contributed by atoms with van der Waals surface area (Å²) in [5.41, 5.74) is 4.28. The molecule has 1 aliphatic rings. The lowest BCUT2D eigenvalue weighted by Gasteiger charge is -2.34. The van der Waals surface area contributed by atoms with Crippen LogP contribution in [0.3, 0.4) is 0 Å². The molecule has 1 atom stereocenters. The summed E-state index contributed by atoms with van der Waals surface area (Å²) >= 11 is 6.38. The highest BCUT2D eigenvalue weighted by atomic mass is 35.5. The van der Waals surface area contributed by atoms with Gasteiger partial charge in [-0.2, -0.15) is 0 Å². The summed E-state index contributed by atoms with van der Waals surface area (Å²) in [5, 5.41) is 0.692. The molecule has 2 aromatic rings. The summed E-state index contributed by atoms with van der Waals surface area (Å²) in [5.74, 6) is 0.723. The number of amides is 1. The molecule has 5 heteroatoms. The highest BCUT2D eigenvalue weighted by molar-refractivity contribution is 6.31. The molecule has 3 rings (SSSR count). The highest BCUT2D eigenvalue weighted by Crippen LogP contribution is 2.26. The maximum atomic E-state index is 12.5. The van der Waals surface area contributed by atoms with Crippen LogP contribution in [0.2, 0.25) is 5.02 Å². The first-order valence-electron chi connectivity index (χ1n) is 8.47. The lowest BCUT2D eigenvalue weighted by atomic mass is 9.91. The number of aromatic nitrogens is 2. The smallest absolute Gasteiger partial charge is 0.246 e. The molecule has 0 bridgehead atoms. The van der Waals surface area contributed by atoms with Crippen molar-refractivity contribution >= 4 is 17.5 Å². The molecule has 1 amide bonds. The molecule has 0 saturated carbocycles. The van der Waals surface area contributed by atoms with Crippen molar-refractivity contribution in [3.63, 3.8) is 0 Å². The molecule has 25 heavy (non-hydrogen) atoms. The molecule has 0 spiro atoms. The third-order valence-electron chi connectivity index (χ3n) is 4.69. The number of aryl methyl sites for hydroxylation is 3. The van der Waals surface area contributed by atoms with Crippen molar-refractivity contribution in [1.29, 1.82) is 0 Å². The summed E-state index contributed by atoms with van der Waals surface area (Å²) in [6.07, 6.45) is 5.76. The molecule has 0 N–H and O–H groups in total. The number of rotatable bonds is 4. The fourth-order valence-electron chi connectivity index (χ4n) is 3.32. The van der Waals surface area contributed by atoms with Crippen molar-refractivity contribution in [2.45, 2.75) is 45.7 Å².